The molecule has 0 bridgehead atoms. The Kier molecular flexibility index (Phi) is 5.10. The Morgan fingerprint density at radius 1 is 1.53 bits per heavy atom. The average Bonchev–Trinajstić information content (AvgIpc) is 2.24. The third-order valence-electron chi connectivity index (χ3n) is 2.77. The molecule has 1 aromatic carbocycles. The molecule has 0 amide bonds. The van der Waals surface area contributed by atoms with Gasteiger partial charge in [0.15, 0.2) is 0 Å². The Hall–Kier alpha value is -1.42. The summed E-state index contributed by atoms with van der Waals surface area (Å²) in [5, 5.41) is 8.75. The molecule has 0 heterocycles. The maximum atomic E-state index is 13.0. The Balaban J connectivity index is 2.66. The van der Waals surface area contributed by atoms with Crippen LogP contribution in [-0.2, 0) is 11.3 Å². The van der Waals surface area contributed by atoms with Crippen LogP contribution in [0, 0.1) is 5.82 Å². The van der Waals surface area contributed by atoms with E-state index in [0.717, 1.165) is 12.1 Å². The summed E-state index contributed by atoms with van der Waals surface area (Å²) in [4.78, 5) is 12.7. The van der Waals surface area contributed by atoms with E-state index >= 15 is 0 Å². The number of rotatable bonds is 6. The van der Waals surface area contributed by atoms with Gasteiger partial charge >= 0.3 is 5.97 Å². The van der Waals surface area contributed by atoms with Gasteiger partial charge in [-0.25, -0.2) is 4.39 Å². The molecule has 0 saturated heterocycles. The Morgan fingerprint density at radius 2 is 2.24 bits per heavy atom. The van der Waals surface area contributed by atoms with E-state index in [9.17, 15) is 9.18 Å². The van der Waals surface area contributed by atoms with E-state index in [0.29, 0.717) is 6.54 Å². The van der Waals surface area contributed by atoms with Gasteiger partial charge in [0.1, 0.15) is 5.82 Å². The number of hydrogen-bond donors (Lipinski definition) is 1. The van der Waals surface area contributed by atoms with E-state index in [4.69, 9.17) is 5.11 Å². The van der Waals surface area contributed by atoms with Crippen LogP contribution in [0.5, 0.6) is 0 Å². The molecule has 0 spiro atoms. The van der Waals surface area contributed by atoms with E-state index < -0.39 is 5.97 Å². The zero-order valence-electron chi connectivity index (χ0n) is 10.2. The first-order valence-corrected chi connectivity index (χ1v) is 5.73. The summed E-state index contributed by atoms with van der Waals surface area (Å²) in [6.07, 6.45) is 0.100. The highest BCUT2D eigenvalue weighted by Crippen LogP contribution is 2.11. The molecule has 0 aliphatic heterocycles. The lowest BCUT2D eigenvalue weighted by molar-refractivity contribution is -0.138. The van der Waals surface area contributed by atoms with Gasteiger partial charge in [0.2, 0.25) is 0 Å². The molecule has 1 rings (SSSR count). The lowest BCUT2D eigenvalue weighted by Gasteiger charge is -2.26. The van der Waals surface area contributed by atoms with Gasteiger partial charge in [-0.3, -0.25) is 9.69 Å². The second kappa shape index (κ2) is 6.35. The minimum atomic E-state index is -0.810. The van der Waals surface area contributed by atoms with E-state index in [-0.39, 0.29) is 18.3 Å². The number of nitrogens with zero attached hydrogens (tertiary/aromatic N) is 1. The lowest BCUT2D eigenvalue weighted by Crippen LogP contribution is -2.34. The van der Waals surface area contributed by atoms with Crippen molar-refractivity contribution in [2.45, 2.75) is 32.9 Å². The molecule has 0 aliphatic carbocycles. The normalized spacial score (nSPS) is 12.7. The first kappa shape index (κ1) is 13.6. The number of hydrogen-bond acceptors (Lipinski definition) is 2. The van der Waals surface area contributed by atoms with Gasteiger partial charge in [0, 0.05) is 12.6 Å². The predicted molar refractivity (Wildman–Crippen MR) is 64.2 cm³/mol. The van der Waals surface area contributed by atoms with Crippen LogP contribution >= 0.6 is 0 Å². The van der Waals surface area contributed by atoms with Crippen LogP contribution in [0.2, 0.25) is 0 Å². The van der Waals surface area contributed by atoms with Crippen molar-refractivity contribution in [3.05, 3.63) is 35.6 Å². The number of carbonyl (C=O) groups is 1. The van der Waals surface area contributed by atoms with Crippen molar-refractivity contribution in [2.24, 2.45) is 0 Å². The molecule has 1 N–H and O–H groups in total. The third-order valence-corrected chi connectivity index (χ3v) is 2.77. The van der Waals surface area contributed by atoms with Gasteiger partial charge in [-0.05, 0) is 31.2 Å². The van der Waals surface area contributed by atoms with Crippen LogP contribution in [0.4, 0.5) is 4.39 Å². The molecule has 0 radical (unpaired) electrons. The fourth-order valence-corrected chi connectivity index (χ4v) is 1.83. The van der Waals surface area contributed by atoms with E-state index in [1.807, 2.05) is 24.8 Å². The van der Waals surface area contributed by atoms with Gasteiger partial charge in [0.05, 0.1) is 6.42 Å². The number of benzene rings is 1. The van der Waals surface area contributed by atoms with E-state index in [1.54, 1.807) is 6.07 Å². The molecule has 1 atom stereocenters. The van der Waals surface area contributed by atoms with Crippen molar-refractivity contribution in [3.8, 4) is 0 Å². The van der Waals surface area contributed by atoms with Gasteiger partial charge in [-0.2, -0.15) is 0 Å². The molecule has 0 fully saturated rings. The fraction of sp³-hybridized carbons (Fsp3) is 0.462. The quantitative estimate of drug-likeness (QED) is 0.829. The lowest BCUT2D eigenvalue weighted by atomic mass is 10.1. The Labute approximate surface area is 101 Å². The van der Waals surface area contributed by atoms with Crippen LogP contribution in [0.1, 0.15) is 25.8 Å². The highest BCUT2D eigenvalue weighted by Gasteiger charge is 2.15. The predicted octanol–water partition coefficient (Wildman–Crippen LogP) is 2.51. The maximum absolute atomic E-state index is 13.0. The third kappa shape index (κ3) is 4.53. The van der Waals surface area contributed by atoms with Crippen molar-refractivity contribution < 1.29 is 14.3 Å². The summed E-state index contributed by atoms with van der Waals surface area (Å²) in [6.45, 7) is 5.15. The molecule has 4 heteroatoms. The molecule has 94 valence electrons. The molecular weight excluding hydrogens is 221 g/mol. The van der Waals surface area contributed by atoms with Gasteiger partial charge in [0.25, 0.3) is 0 Å². The second-order valence-electron chi connectivity index (χ2n) is 4.14. The topological polar surface area (TPSA) is 40.5 Å². The van der Waals surface area contributed by atoms with Crippen molar-refractivity contribution >= 4 is 5.97 Å². The van der Waals surface area contributed by atoms with Gasteiger partial charge in [-0.1, -0.05) is 19.1 Å². The Morgan fingerprint density at radius 3 is 2.76 bits per heavy atom. The largest absolute Gasteiger partial charge is 0.481 e. The second-order valence-corrected chi connectivity index (χ2v) is 4.14. The molecule has 1 unspecified atom stereocenters. The van der Waals surface area contributed by atoms with Crippen LogP contribution in [0.25, 0.3) is 0 Å². The van der Waals surface area contributed by atoms with Crippen LogP contribution < -0.4 is 0 Å². The van der Waals surface area contributed by atoms with E-state index in [1.165, 1.54) is 12.1 Å². The number of aliphatic carboxylic acids is 1. The summed E-state index contributed by atoms with van der Waals surface area (Å²) in [5.74, 6) is -1.07. The first-order chi connectivity index (χ1) is 8.02. The SMILES string of the molecule is CCN(Cc1cccc(F)c1)C(C)CC(=O)O. The number of carboxylic acid groups (broad SMARTS) is 1. The summed E-state index contributed by atoms with van der Waals surface area (Å²) >= 11 is 0. The zero-order chi connectivity index (χ0) is 12.8. The molecule has 0 saturated carbocycles. The summed E-state index contributed by atoms with van der Waals surface area (Å²) in [5.41, 5.74) is 0.865. The fourth-order valence-electron chi connectivity index (χ4n) is 1.83. The first-order valence-electron chi connectivity index (χ1n) is 5.73. The summed E-state index contributed by atoms with van der Waals surface area (Å²) in [6, 6.07) is 6.34. The molecule has 17 heavy (non-hydrogen) atoms. The highest BCUT2D eigenvalue weighted by atomic mass is 19.1. The minimum Gasteiger partial charge on any atom is -0.481 e. The van der Waals surface area contributed by atoms with Crippen molar-refractivity contribution in [3.63, 3.8) is 0 Å². The minimum absolute atomic E-state index is 0.0548. The number of halogens is 1. The highest BCUT2D eigenvalue weighted by molar-refractivity contribution is 5.67. The zero-order valence-corrected chi connectivity index (χ0v) is 10.2. The van der Waals surface area contributed by atoms with Crippen LogP contribution in [-0.4, -0.2) is 28.6 Å². The molecule has 1 aromatic rings. The standard InChI is InChI=1S/C13H18FNO2/c1-3-15(10(2)7-13(16)17)9-11-5-4-6-12(14)8-11/h4-6,8,10H,3,7,9H2,1-2H3,(H,16,17). The van der Waals surface area contributed by atoms with Crippen LogP contribution in [0.3, 0.4) is 0 Å². The van der Waals surface area contributed by atoms with Crippen molar-refractivity contribution in [1.29, 1.82) is 0 Å². The smallest absolute Gasteiger partial charge is 0.304 e. The van der Waals surface area contributed by atoms with Crippen molar-refractivity contribution in [2.75, 3.05) is 6.54 Å². The Bertz CT molecular complexity index is 381. The average molecular weight is 239 g/mol. The monoisotopic (exact) mass is 239 g/mol. The maximum Gasteiger partial charge on any atom is 0.304 e. The molecule has 0 aromatic heterocycles. The van der Waals surface area contributed by atoms with Crippen molar-refractivity contribution in [1.82, 2.24) is 4.90 Å². The van der Waals surface area contributed by atoms with Gasteiger partial charge in [-0.15, -0.1) is 0 Å². The number of carboxylic acids is 1. The summed E-state index contributed by atoms with van der Waals surface area (Å²) < 4.78 is 13.0. The molecule has 3 nitrogen and oxygen atoms in total. The van der Waals surface area contributed by atoms with Gasteiger partial charge < -0.3 is 5.11 Å². The van der Waals surface area contributed by atoms with E-state index in [2.05, 4.69) is 0 Å². The molecular formula is C13H18FNO2. The molecule has 0 aliphatic rings. The summed E-state index contributed by atoms with van der Waals surface area (Å²) in [7, 11) is 0. The van der Waals surface area contributed by atoms with Crippen LogP contribution in [0.15, 0.2) is 24.3 Å².